The fraction of sp³-hybridized carbons (Fsp3) is 0.194. The Morgan fingerprint density at radius 1 is 0.913 bits per heavy atom. The van der Waals surface area contributed by atoms with Crippen LogP contribution in [-0.4, -0.2) is 49.3 Å². The lowest BCUT2D eigenvalue weighted by atomic mass is 10.1. The maximum atomic E-state index is 13.0. The van der Waals surface area contributed by atoms with Crippen LogP contribution in [-0.2, 0) is 10.9 Å². The van der Waals surface area contributed by atoms with Crippen molar-refractivity contribution in [2.24, 2.45) is 0 Å². The van der Waals surface area contributed by atoms with Crippen LogP contribution in [0.1, 0.15) is 15.9 Å². The van der Waals surface area contributed by atoms with Crippen LogP contribution >= 0.6 is 0 Å². The number of hydrazine groups is 2. The third-order valence-electron chi connectivity index (χ3n) is 6.71. The van der Waals surface area contributed by atoms with Gasteiger partial charge in [-0.25, -0.2) is 9.97 Å². The van der Waals surface area contributed by atoms with Gasteiger partial charge in [-0.05, 0) is 48.5 Å². The average Bonchev–Trinajstić information content (AvgIpc) is 3.07. The molecule has 1 saturated heterocycles. The molecule has 2 heterocycles. The molecule has 15 heteroatoms. The van der Waals surface area contributed by atoms with Gasteiger partial charge >= 0.3 is 6.18 Å². The zero-order valence-corrected chi connectivity index (χ0v) is 24.7. The number of morpholine rings is 1. The second-order valence-electron chi connectivity index (χ2n) is 9.91. The molecule has 1 aromatic heterocycles. The van der Waals surface area contributed by atoms with Gasteiger partial charge in [-0.15, -0.1) is 0 Å². The molecule has 1 aliphatic heterocycles. The Morgan fingerprint density at radius 3 is 2.43 bits per heavy atom. The van der Waals surface area contributed by atoms with Gasteiger partial charge in [0.2, 0.25) is 0 Å². The molecule has 1 fully saturated rings. The summed E-state index contributed by atoms with van der Waals surface area (Å²) in [5.74, 6) is 0.883. The van der Waals surface area contributed by atoms with Crippen molar-refractivity contribution in [3.05, 3.63) is 103 Å². The van der Waals surface area contributed by atoms with E-state index in [2.05, 4.69) is 59.3 Å². The predicted molar refractivity (Wildman–Crippen MR) is 170 cm³/mol. The predicted octanol–water partition coefficient (Wildman–Crippen LogP) is 5.34. The zero-order valence-electron chi connectivity index (χ0n) is 24.7. The van der Waals surface area contributed by atoms with E-state index in [-0.39, 0.29) is 5.56 Å². The number of amides is 1. The summed E-state index contributed by atoms with van der Waals surface area (Å²) in [7, 11) is 1.45. The van der Waals surface area contributed by atoms with E-state index in [1.165, 1.54) is 25.6 Å². The highest BCUT2D eigenvalue weighted by atomic mass is 19.4. The molecule has 46 heavy (non-hydrogen) atoms. The standard InChI is InChI=1S/C31H32F3N9O3/c1-45-27-17-24(40-30(44)21-3-2-4-22(15-21)31(32,33)34)16-25(18-27)41-42-38-10-9-35-28-19-29(37-20-36-28)39-23-5-7-26(8-6-23)43-11-13-46-14-12-43/h2-10,15-20,38,41-42H,11-14H2,1H3,(H,40,44)(H2,35,36,37,39)/b10-9-. The van der Waals surface area contributed by atoms with Crippen molar-refractivity contribution < 1.29 is 27.4 Å². The minimum absolute atomic E-state index is 0.130. The summed E-state index contributed by atoms with van der Waals surface area (Å²) in [6, 6.07) is 18.8. The number of carbonyl (C=O) groups excluding carboxylic acids is 1. The molecular formula is C31H32F3N9O3. The number of benzene rings is 3. The lowest BCUT2D eigenvalue weighted by Crippen LogP contribution is -2.36. The second-order valence-corrected chi connectivity index (χ2v) is 9.91. The van der Waals surface area contributed by atoms with Crippen LogP contribution in [0.4, 0.5) is 47.6 Å². The van der Waals surface area contributed by atoms with Crippen LogP contribution in [0.25, 0.3) is 0 Å². The van der Waals surface area contributed by atoms with Crippen LogP contribution in [0.3, 0.4) is 0 Å². The van der Waals surface area contributed by atoms with Gasteiger partial charge < -0.3 is 41.2 Å². The summed E-state index contributed by atoms with van der Waals surface area (Å²) >= 11 is 0. The molecule has 1 amide bonds. The highest BCUT2D eigenvalue weighted by Crippen LogP contribution is 2.30. The summed E-state index contributed by atoms with van der Waals surface area (Å²) in [5, 5.41) is 8.90. The van der Waals surface area contributed by atoms with Crippen molar-refractivity contribution in [1.29, 1.82) is 0 Å². The molecule has 0 spiro atoms. The van der Waals surface area contributed by atoms with Gasteiger partial charge in [0, 0.05) is 66.3 Å². The largest absolute Gasteiger partial charge is 0.497 e. The summed E-state index contributed by atoms with van der Waals surface area (Å²) in [5.41, 5.74) is 10.3. The quantitative estimate of drug-likeness (QED) is 0.0889. The van der Waals surface area contributed by atoms with Crippen molar-refractivity contribution in [2.45, 2.75) is 6.18 Å². The summed E-state index contributed by atoms with van der Waals surface area (Å²) in [6.45, 7) is 3.21. The number of aromatic nitrogens is 2. The molecule has 0 aliphatic carbocycles. The van der Waals surface area contributed by atoms with Crippen LogP contribution in [0, 0.1) is 0 Å². The Kier molecular flexibility index (Phi) is 10.4. The summed E-state index contributed by atoms with van der Waals surface area (Å²) in [6.07, 6.45) is 0.0747. The number of nitrogens with one attached hydrogen (secondary N) is 6. The first-order valence-corrected chi connectivity index (χ1v) is 14.1. The smallest absolute Gasteiger partial charge is 0.416 e. The lowest BCUT2D eigenvalue weighted by Gasteiger charge is -2.28. The monoisotopic (exact) mass is 635 g/mol. The molecule has 12 nitrogen and oxygen atoms in total. The van der Waals surface area contributed by atoms with Crippen LogP contribution in [0.15, 0.2) is 91.5 Å². The summed E-state index contributed by atoms with van der Waals surface area (Å²) < 4.78 is 49.8. The average molecular weight is 636 g/mol. The normalized spacial score (nSPS) is 13.3. The van der Waals surface area contributed by atoms with E-state index >= 15 is 0 Å². The molecule has 0 radical (unpaired) electrons. The van der Waals surface area contributed by atoms with Crippen LogP contribution < -0.4 is 42.0 Å². The van der Waals surface area contributed by atoms with Crippen molar-refractivity contribution >= 4 is 40.3 Å². The Labute approximate surface area is 263 Å². The second kappa shape index (κ2) is 15.0. The van der Waals surface area contributed by atoms with Gasteiger partial charge in [-0.1, -0.05) is 6.07 Å². The minimum Gasteiger partial charge on any atom is -0.497 e. The number of hydrogen-bond donors (Lipinski definition) is 6. The first-order valence-electron chi connectivity index (χ1n) is 14.1. The maximum Gasteiger partial charge on any atom is 0.416 e. The summed E-state index contributed by atoms with van der Waals surface area (Å²) in [4.78, 5) is 23.4. The molecule has 0 saturated carbocycles. The van der Waals surface area contributed by atoms with Gasteiger partial charge in [0.25, 0.3) is 5.91 Å². The lowest BCUT2D eigenvalue weighted by molar-refractivity contribution is -0.137. The van der Waals surface area contributed by atoms with E-state index in [1.807, 2.05) is 12.1 Å². The topological polar surface area (TPSA) is 137 Å². The van der Waals surface area contributed by atoms with Crippen molar-refractivity contribution in [1.82, 2.24) is 20.9 Å². The first-order chi connectivity index (χ1) is 22.3. The fourth-order valence-corrected chi connectivity index (χ4v) is 4.45. The number of nitrogens with zero attached hydrogens (tertiary/aromatic N) is 3. The third kappa shape index (κ3) is 8.99. The number of carbonyl (C=O) groups is 1. The minimum atomic E-state index is -4.56. The number of methoxy groups -OCH3 is 1. The van der Waals surface area contributed by atoms with Gasteiger partial charge in [0.1, 0.15) is 23.7 Å². The highest BCUT2D eigenvalue weighted by Gasteiger charge is 2.31. The highest BCUT2D eigenvalue weighted by molar-refractivity contribution is 6.04. The Hall–Kier alpha value is -5.54. The molecule has 4 aromatic rings. The number of rotatable bonds is 12. The van der Waals surface area contributed by atoms with E-state index in [4.69, 9.17) is 9.47 Å². The molecule has 5 rings (SSSR count). The number of alkyl halides is 3. The van der Waals surface area contributed by atoms with Gasteiger partial charge in [0.05, 0.1) is 31.6 Å². The fourth-order valence-electron chi connectivity index (χ4n) is 4.45. The number of anilines is 6. The van der Waals surface area contributed by atoms with E-state index in [9.17, 15) is 18.0 Å². The molecule has 240 valence electrons. The maximum absolute atomic E-state index is 13.0. The van der Waals surface area contributed by atoms with E-state index < -0.39 is 17.6 Å². The number of ether oxygens (including phenoxy) is 2. The van der Waals surface area contributed by atoms with Gasteiger partial charge in [-0.3, -0.25) is 4.79 Å². The Balaban J connectivity index is 1.10. The number of hydrogen-bond acceptors (Lipinski definition) is 11. The van der Waals surface area contributed by atoms with Crippen molar-refractivity contribution in [3.63, 3.8) is 0 Å². The Morgan fingerprint density at radius 2 is 1.67 bits per heavy atom. The molecule has 6 N–H and O–H groups in total. The molecular weight excluding hydrogens is 603 g/mol. The molecule has 0 bridgehead atoms. The molecule has 0 unspecified atom stereocenters. The van der Waals surface area contributed by atoms with Gasteiger partial charge in [0.15, 0.2) is 0 Å². The van der Waals surface area contributed by atoms with Crippen molar-refractivity contribution in [3.8, 4) is 5.75 Å². The third-order valence-corrected chi connectivity index (χ3v) is 6.71. The molecule has 0 atom stereocenters. The first kappa shape index (κ1) is 31.9. The zero-order chi connectivity index (χ0) is 32.4. The molecule has 1 aliphatic rings. The van der Waals surface area contributed by atoms with Crippen molar-refractivity contribution in [2.75, 3.05) is 59.7 Å². The van der Waals surface area contributed by atoms with Gasteiger partial charge in [-0.2, -0.15) is 18.7 Å². The van der Waals surface area contributed by atoms with E-state index in [0.717, 1.165) is 49.8 Å². The SMILES string of the molecule is COc1cc(NNN/C=C\Nc2cc(Nc3ccc(N4CCOCC4)cc3)ncn2)cc(NC(=O)c2cccc(C(F)(F)F)c2)c1. The Bertz CT molecular complexity index is 1650. The van der Waals surface area contributed by atoms with E-state index in [1.54, 1.807) is 36.7 Å². The van der Waals surface area contributed by atoms with E-state index in [0.29, 0.717) is 28.8 Å². The molecule has 3 aromatic carbocycles. The van der Waals surface area contributed by atoms with Crippen LogP contribution in [0.5, 0.6) is 5.75 Å². The number of halogens is 3. The van der Waals surface area contributed by atoms with Crippen LogP contribution in [0.2, 0.25) is 0 Å².